The summed E-state index contributed by atoms with van der Waals surface area (Å²) in [4.78, 5) is 0. The average molecular weight is 186 g/mol. The monoisotopic (exact) mass is 186 g/mol. The maximum absolute atomic E-state index is 2.22. The Morgan fingerprint density at radius 2 is 1.71 bits per heavy atom. The van der Waals surface area contributed by atoms with E-state index in [1.807, 2.05) is 0 Å². The molecule has 74 valence electrons. The SMILES string of the molecule is CC/C=C\C=C\CCc1ccccc1. The van der Waals surface area contributed by atoms with Crippen LogP contribution in [-0.4, -0.2) is 0 Å². The lowest BCUT2D eigenvalue weighted by atomic mass is 10.1. The van der Waals surface area contributed by atoms with Gasteiger partial charge in [-0.25, -0.2) is 0 Å². The summed E-state index contributed by atoms with van der Waals surface area (Å²) in [5, 5.41) is 0. The fraction of sp³-hybridized carbons (Fsp3) is 0.286. The molecular formula is C14H18. The first kappa shape index (κ1) is 10.8. The molecule has 0 unspecified atom stereocenters. The van der Waals surface area contributed by atoms with Crippen LogP contribution in [0.2, 0.25) is 0 Å². The molecule has 0 aliphatic heterocycles. The van der Waals surface area contributed by atoms with Gasteiger partial charge in [-0.15, -0.1) is 0 Å². The van der Waals surface area contributed by atoms with Gasteiger partial charge < -0.3 is 0 Å². The maximum Gasteiger partial charge on any atom is -0.0244 e. The molecule has 0 radical (unpaired) electrons. The zero-order chi connectivity index (χ0) is 10.1. The van der Waals surface area contributed by atoms with Gasteiger partial charge in [0.15, 0.2) is 0 Å². The Balaban J connectivity index is 2.22. The van der Waals surface area contributed by atoms with Crippen molar-refractivity contribution in [3.05, 3.63) is 60.2 Å². The summed E-state index contributed by atoms with van der Waals surface area (Å²) < 4.78 is 0. The van der Waals surface area contributed by atoms with Crippen LogP contribution in [0.4, 0.5) is 0 Å². The lowest BCUT2D eigenvalue weighted by Crippen LogP contribution is -1.80. The summed E-state index contributed by atoms with van der Waals surface area (Å²) in [6, 6.07) is 10.6. The van der Waals surface area contributed by atoms with Crippen LogP contribution < -0.4 is 0 Å². The standard InChI is InChI=1S/C14H18/c1-2-3-4-5-6-8-11-14-12-9-7-10-13-14/h3-7,9-10,12-13H,2,8,11H2,1H3/b4-3-,6-5+. The topological polar surface area (TPSA) is 0 Å². The Hall–Kier alpha value is -1.30. The zero-order valence-corrected chi connectivity index (χ0v) is 8.82. The molecule has 0 bridgehead atoms. The van der Waals surface area contributed by atoms with Crippen LogP contribution in [0.25, 0.3) is 0 Å². The molecule has 1 rings (SSSR count). The normalized spacial score (nSPS) is 11.5. The summed E-state index contributed by atoms with van der Waals surface area (Å²) in [5.74, 6) is 0. The molecule has 0 aliphatic rings. The third kappa shape index (κ3) is 4.66. The summed E-state index contributed by atoms with van der Waals surface area (Å²) in [6.07, 6.45) is 12.0. The number of hydrogen-bond donors (Lipinski definition) is 0. The van der Waals surface area contributed by atoms with Crippen molar-refractivity contribution in [2.45, 2.75) is 26.2 Å². The minimum absolute atomic E-state index is 1.11. The number of benzene rings is 1. The van der Waals surface area contributed by atoms with E-state index in [-0.39, 0.29) is 0 Å². The first-order valence-corrected chi connectivity index (χ1v) is 5.29. The van der Waals surface area contributed by atoms with E-state index in [9.17, 15) is 0 Å². The maximum atomic E-state index is 2.22. The van der Waals surface area contributed by atoms with Gasteiger partial charge in [0, 0.05) is 0 Å². The molecule has 0 nitrogen and oxygen atoms in total. The third-order valence-electron chi connectivity index (χ3n) is 2.06. The van der Waals surface area contributed by atoms with Gasteiger partial charge >= 0.3 is 0 Å². The molecule has 0 heteroatoms. The van der Waals surface area contributed by atoms with Gasteiger partial charge in [-0.2, -0.15) is 0 Å². The molecular weight excluding hydrogens is 168 g/mol. The van der Waals surface area contributed by atoms with Gasteiger partial charge in [0.25, 0.3) is 0 Å². The van der Waals surface area contributed by atoms with E-state index in [0.717, 1.165) is 19.3 Å². The highest BCUT2D eigenvalue weighted by Gasteiger charge is 1.86. The first-order chi connectivity index (χ1) is 6.93. The molecule has 0 atom stereocenters. The highest BCUT2D eigenvalue weighted by molar-refractivity contribution is 5.15. The van der Waals surface area contributed by atoms with Gasteiger partial charge in [-0.1, -0.05) is 61.6 Å². The van der Waals surface area contributed by atoms with Crippen LogP contribution in [0.3, 0.4) is 0 Å². The van der Waals surface area contributed by atoms with Gasteiger partial charge in [0.2, 0.25) is 0 Å². The van der Waals surface area contributed by atoms with E-state index in [1.165, 1.54) is 5.56 Å². The third-order valence-corrected chi connectivity index (χ3v) is 2.06. The van der Waals surface area contributed by atoms with E-state index >= 15 is 0 Å². The highest BCUT2D eigenvalue weighted by atomic mass is 13.9. The summed E-state index contributed by atoms with van der Waals surface area (Å²) in [5.41, 5.74) is 1.41. The van der Waals surface area contributed by atoms with Crippen molar-refractivity contribution in [1.82, 2.24) is 0 Å². The van der Waals surface area contributed by atoms with Crippen molar-refractivity contribution < 1.29 is 0 Å². The lowest BCUT2D eigenvalue weighted by Gasteiger charge is -1.95. The van der Waals surface area contributed by atoms with Crippen molar-refractivity contribution in [3.63, 3.8) is 0 Å². The molecule has 0 aliphatic carbocycles. The first-order valence-electron chi connectivity index (χ1n) is 5.29. The largest absolute Gasteiger partial charge is 0.0848 e. The molecule has 1 aromatic carbocycles. The van der Waals surface area contributed by atoms with Gasteiger partial charge in [-0.3, -0.25) is 0 Å². The summed E-state index contributed by atoms with van der Waals surface area (Å²) in [7, 11) is 0. The number of rotatable bonds is 5. The second kappa shape index (κ2) is 7.14. The number of hydrogen-bond acceptors (Lipinski definition) is 0. The van der Waals surface area contributed by atoms with E-state index in [1.54, 1.807) is 0 Å². The van der Waals surface area contributed by atoms with Crippen molar-refractivity contribution in [3.8, 4) is 0 Å². The Labute approximate surface area is 87.0 Å². The van der Waals surface area contributed by atoms with Crippen LogP contribution in [0, 0.1) is 0 Å². The Morgan fingerprint density at radius 1 is 1.00 bits per heavy atom. The molecule has 0 spiro atoms. The molecule has 0 fully saturated rings. The molecule has 0 N–H and O–H groups in total. The predicted octanol–water partition coefficient (Wildman–Crippen LogP) is 4.14. The lowest BCUT2D eigenvalue weighted by molar-refractivity contribution is 1.00. The van der Waals surface area contributed by atoms with Gasteiger partial charge in [-0.05, 0) is 24.8 Å². The van der Waals surface area contributed by atoms with Crippen molar-refractivity contribution in [1.29, 1.82) is 0 Å². The van der Waals surface area contributed by atoms with Crippen LogP contribution in [0.15, 0.2) is 54.6 Å². The molecule has 14 heavy (non-hydrogen) atoms. The predicted molar refractivity (Wildman–Crippen MR) is 63.3 cm³/mol. The minimum atomic E-state index is 1.11. The number of allylic oxidation sites excluding steroid dienone is 4. The Bertz CT molecular complexity index is 280. The fourth-order valence-electron chi connectivity index (χ4n) is 1.28. The van der Waals surface area contributed by atoms with Crippen LogP contribution in [-0.2, 0) is 6.42 Å². The second-order valence-electron chi connectivity index (χ2n) is 3.29. The molecule has 0 amide bonds. The van der Waals surface area contributed by atoms with Crippen molar-refractivity contribution in [2.75, 3.05) is 0 Å². The average Bonchev–Trinajstić information content (AvgIpc) is 2.25. The van der Waals surface area contributed by atoms with Crippen molar-refractivity contribution in [2.24, 2.45) is 0 Å². The molecule has 0 saturated heterocycles. The smallest absolute Gasteiger partial charge is 0.0244 e. The quantitative estimate of drug-likeness (QED) is 0.606. The van der Waals surface area contributed by atoms with E-state index in [0.29, 0.717) is 0 Å². The molecule has 0 saturated carbocycles. The summed E-state index contributed by atoms with van der Waals surface area (Å²) >= 11 is 0. The minimum Gasteiger partial charge on any atom is -0.0848 e. The van der Waals surface area contributed by atoms with Crippen LogP contribution in [0.5, 0.6) is 0 Å². The molecule has 0 aromatic heterocycles. The van der Waals surface area contributed by atoms with Crippen molar-refractivity contribution >= 4 is 0 Å². The van der Waals surface area contributed by atoms with Gasteiger partial charge in [0.1, 0.15) is 0 Å². The van der Waals surface area contributed by atoms with Crippen LogP contribution >= 0.6 is 0 Å². The van der Waals surface area contributed by atoms with Crippen LogP contribution in [0.1, 0.15) is 25.3 Å². The summed E-state index contributed by atoms with van der Waals surface area (Å²) in [6.45, 7) is 2.15. The molecule has 1 aromatic rings. The highest BCUT2D eigenvalue weighted by Crippen LogP contribution is 2.02. The number of aryl methyl sites for hydroxylation is 1. The Morgan fingerprint density at radius 3 is 2.43 bits per heavy atom. The van der Waals surface area contributed by atoms with Gasteiger partial charge in [0.05, 0.1) is 0 Å². The van der Waals surface area contributed by atoms with E-state index in [4.69, 9.17) is 0 Å². The fourth-order valence-corrected chi connectivity index (χ4v) is 1.28. The Kier molecular flexibility index (Phi) is 5.49. The van der Waals surface area contributed by atoms with E-state index < -0.39 is 0 Å². The zero-order valence-electron chi connectivity index (χ0n) is 8.82. The second-order valence-corrected chi connectivity index (χ2v) is 3.29. The van der Waals surface area contributed by atoms with E-state index in [2.05, 4.69) is 61.6 Å². The molecule has 0 heterocycles.